The number of hydrogen-bond acceptors (Lipinski definition) is 2. The fourth-order valence-corrected chi connectivity index (χ4v) is 2.13. The normalized spacial score (nSPS) is 18.3. The van der Waals surface area contributed by atoms with E-state index in [-0.39, 0.29) is 0 Å². The van der Waals surface area contributed by atoms with Gasteiger partial charge in [0.25, 0.3) is 0 Å². The van der Waals surface area contributed by atoms with Crippen molar-refractivity contribution in [3.8, 4) is 12.3 Å². The van der Waals surface area contributed by atoms with Crippen molar-refractivity contribution in [2.75, 3.05) is 4.90 Å². The van der Waals surface area contributed by atoms with E-state index in [0.29, 0.717) is 12.1 Å². The molecule has 0 bridgehead atoms. The van der Waals surface area contributed by atoms with Crippen molar-refractivity contribution in [2.45, 2.75) is 25.4 Å². The summed E-state index contributed by atoms with van der Waals surface area (Å²) in [7, 11) is 0. The fraction of sp³-hybridized carbons (Fsp3) is 0.286. The lowest BCUT2D eigenvalue weighted by molar-refractivity contribution is -0.138. The molecule has 2 amide bonds. The van der Waals surface area contributed by atoms with Crippen molar-refractivity contribution in [3.63, 3.8) is 0 Å². The number of amides is 2. The van der Waals surface area contributed by atoms with Gasteiger partial charge < -0.3 is 10.4 Å². The van der Waals surface area contributed by atoms with Gasteiger partial charge in [0.2, 0.25) is 0 Å². The summed E-state index contributed by atoms with van der Waals surface area (Å²) in [6.45, 7) is 1.66. The number of carboxylic acid groups (broad SMARTS) is 1. The molecule has 2 rings (SSSR count). The molecule has 0 aliphatic carbocycles. The third kappa shape index (κ3) is 2.38. The number of para-hydroxylation sites is 1. The van der Waals surface area contributed by atoms with Gasteiger partial charge in [0.15, 0.2) is 0 Å². The molecule has 0 spiro atoms. The van der Waals surface area contributed by atoms with E-state index in [1.54, 1.807) is 19.1 Å². The van der Waals surface area contributed by atoms with E-state index in [9.17, 15) is 14.7 Å². The SMILES string of the molecule is C#CC(C)NC(=O)N1c2ccccc2CC1C(=O)O. The molecule has 0 saturated heterocycles. The molecule has 1 aromatic rings. The number of hydrogen-bond donors (Lipinski definition) is 2. The van der Waals surface area contributed by atoms with E-state index in [0.717, 1.165) is 5.56 Å². The van der Waals surface area contributed by atoms with E-state index < -0.39 is 24.1 Å². The van der Waals surface area contributed by atoms with E-state index in [4.69, 9.17) is 6.42 Å². The van der Waals surface area contributed by atoms with Crippen molar-refractivity contribution >= 4 is 17.7 Å². The van der Waals surface area contributed by atoms with Gasteiger partial charge in [-0.3, -0.25) is 4.90 Å². The number of carbonyl (C=O) groups is 2. The predicted octanol–water partition coefficient (Wildman–Crippen LogP) is 1.23. The number of fused-ring (bicyclic) bond motifs is 1. The first-order chi connectivity index (χ1) is 9.04. The van der Waals surface area contributed by atoms with Crippen molar-refractivity contribution in [2.24, 2.45) is 0 Å². The van der Waals surface area contributed by atoms with Gasteiger partial charge >= 0.3 is 12.0 Å². The summed E-state index contributed by atoms with van der Waals surface area (Å²) in [5.74, 6) is 1.35. The third-order valence-corrected chi connectivity index (χ3v) is 3.07. The summed E-state index contributed by atoms with van der Waals surface area (Å²) in [5.41, 5.74) is 1.47. The molecule has 1 aliphatic heterocycles. The Labute approximate surface area is 111 Å². The topological polar surface area (TPSA) is 69.6 Å². The van der Waals surface area contributed by atoms with Gasteiger partial charge in [-0.25, -0.2) is 9.59 Å². The number of carboxylic acids is 1. The number of rotatable bonds is 2. The van der Waals surface area contributed by atoms with Crippen LogP contribution < -0.4 is 10.2 Å². The van der Waals surface area contributed by atoms with E-state index >= 15 is 0 Å². The number of urea groups is 1. The van der Waals surface area contributed by atoms with Crippen LogP contribution in [0.1, 0.15) is 12.5 Å². The second-order valence-electron chi connectivity index (χ2n) is 4.39. The van der Waals surface area contributed by atoms with Gasteiger partial charge in [-0.05, 0) is 18.6 Å². The minimum atomic E-state index is -1.03. The molecular weight excluding hydrogens is 244 g/mol. The predicted molar refractivity (Wildman–Crippen MR) is 70.9 cm³/mol. The Balaban J connectivity index is 2.32. The lowest BCUT2D eigenvalue weighted by atomic mass is 10.1. The first kappa shape index (κ1) is 13.0. The molecule has 5 heteroatoms. The highest BCUT2D eigenvalue weighted by atomic mass is 16.4. The van der Waals surface area contributed by atoms with Gasteiger partial charge in [0, 0.05) is 12.1 Å². The van der Waals surface area contributed by atoms with Crippen LogP contribution in [0.4, 0.5) is 10.5 Å². The molecule has 2 unspecified atom stereocenters. The first-order valence-corrected chi connectivity index (χ1v) is 5.91. The molecule has 2 atom stereocenters. The maximum absolute atomic E-state index is 12.1. The highest BCUT2D eigenvalue weighted by Crippen LogP contribution is 2.32. The Morgan fingerprint density at radius 2 is 2.21 bits per heavy atom. The van der Waals surface area contributed by atoms with Crippen LogP contribution in [-0.4, -0.2) is 29.2 Å². The molecule has 1 aliphatic rings. The van der Waals surface area contributed by atoms with Crippen molar-refractivity contribution in [1.82, 2.24) is 5.32 Å². The average molecular weight is 258 g/mol. The van der Waals surface area contributed by atoms with Crippen LogP contribution >= 0.6 is 0 Å². The summed E-state index contributed by atoms with van der Waals surface area (Å²) in [6, 6.07) is 5.33. The summed E-state index contributed by atoms with van der Waals surface area (Å²) >= 11 is 0. The number of aliphatic carboxylic acids is 1. The van der Waals surface area contributed by atoms with Gasteiger partial charge in [-0.2, -0.15) is 0 Å². The third-order valence-electron chi connectivity index (χ3n) is 3.07. The zero-order valence-electron chi connectivity index (χ0n) is 10.5. The second-order valence-corrected chi connectivity index (χ2v) is 4.39. The summed E-state index contributed by atoms with van der Waals surface area (Å²) in [6.07, 6.45) is 5.52. The second kappa shape index (κ2) is 5.02. The molecular formula is C14H14N2O3. The maximum atomic E-state index is 12.1. The van der Waals surface area contributed by atoms with Gasteiger partial charge in [0.05, 0.1) is 6.04 Å². The highest BCUT2D eigenvalue weighted by molar-refractivity contribution is 6.01. The van der Waals surface area contributed by atoms with Crippen LogP contribution in [0.15, 0.2) is 24.3 Å². The number of nitrogens with zero attached hydrogens (tertiary/aromatic N) is 1. The van der Waals surface area contributed by atoms with Crippen molar-refractivity contribution < 1.29 is 14.7 Å². The monoisotopic (exact) mass is 258 g/mol. The molecule has 2 N–H and O–H groups in total. The summed E-state index contributed by atoms with van der Waals surface area (Å²) in [5, 5.41) is 11.8. The number of benzene rings is 1. The largest absolute Gasteiger partial charge is 0.480 e. The van der Waals surface area contributed by atoms with Crippen LogP contribution in [0.3, 0.4) is 0 Å². The van der Waals surface area contributed by atoms with Crippen LogP contribution in [0, 0.1) is 12.3 Å². The Bertz CT molecular complexity index is 562. The van der Waals surface area contributed by atoms with Crippen molar-refractivity contribution in [1.29, 1.82) is 0 Å². The molecule has 19 heavy (non-hydrogen) atoms. The van der Waals surface area contributed by atoms with E-state index in [2.05, 4.69) is 11.2 Å². The van der Waals surface area contributed by atoms with Crippen LogP contribution in [0.5, 0.6) is 0 Å². The zero-order chi connectivity index (χ0) is 14.0. The van der Waals surface area contributed by atoms with Crippen LogP contribution in [0.2, 0.25) is 0 Å². The van der Waals surface area contributed by atoms with Crippen molar-refractivity contribution in [3.05, 3.63) is 29.8 Å². The molecule has 1 aromatic carbocycles. The molecule has 0 saturated carbocycles. The Morgan fingerprint density at radius 1 is 1.53 bits per heavy atom. The Kier molecular flexibility index (Phi) is 3.43. The molecule has 0 radical (unpaired) electrons. The molecule has 5 nitrogen and oxygen atoms in total. The van der Waals surface area contributed by atoms with Gasteiger partial charge in [0.1, 0.15) is 6.04 Å². The standard InChI is InChI=1S/C14H14N2O3/c1-3-9(2)15-14(19)16-11-7-5-4-6-10(11)8-12(16)13(17)18/h1,4-7,9,12H,8H2,2H3,(H,15,19)(H,17,18). The smallest absolute Gasteiger partial charge is 0.327 e. The number of nitrogens with one attached hydrogen (secondary N) is 1. The summed E-state index contributed by atoms with van der Waals surface area (Å²) in [4.78, 5) is 24.7. The lowest BCUT2D eigenvalue weighted by Gasteiger charge is -2.23. The Morgan fingerprint density at radius 3 is 2.84 bits per heavy atom. The number of carbonyl (C=O) groups excluding carboxylic acids is 1. The fourth-order valence-electron chi connectivity index (χ4n) is 2.13. The van der Waals surface area contributed by atoms with Gasteiger partial charge in [-0.1, -0.05) is 24.1 Å². The lowest BCUT2D eigenvalue weighted by Crippen LogP contribution is -2.49. The van der Waals surface area contributed by atoms with Crippen LogP contribution in [-0.2, 0) is 11.2 Å². The molecule has 0 fully saturated rings. The maximum Gasteiger partial charge on any atom is 0.327 e. The number of terminal acetylenes is 1. The first-order valence-electron chi connectivity index (χ1n) is 5.91. The van der Waals surface area contributed by atoms with Gasteiger partial charge in [-0.15, -0.1) is 6.42 Å². The summed E-state index contributed by atoms with van der Waals surface area (Å²) < 4.78 is 0. The number of anilines is 1. The minimum absolute atomic E-state index is 0.309. The van der Waals surface area contributed by atoms with E-state index in [1.807, 2.05) is 12.1 Å². The zero-order valence-corrected chi connectivity index (χ0v) is 10.5. The van der Waals surface area contributed by atoms with E-state index in [1.165, 1.54) is 4.90 Å². The molecule has 0 aromatic heterocycles. The minimum Gasteiger partial charge on any atom is -0.480 e. The van der Waals surface area contributed by atoms with Crippen LogP contribution in [0.25, 0.3) is 0 Å². The quantitative estimate of drug-likeness (QED) is 0.784. The molecule has 98 valence electrons. The Hall–Kier alpha value is -2.48. The average Bonchev–Trinajstić information content (AvgIpc) is 2.78. The highest BCUT2D eigenvalue weighted by Gasteiger charge is 2.38. The molecule has 1 heterocycles.